The van der Waals surface area contributed by atoms with Crippen molar-refractivity contribution in [2.24, 2.45) is 4.74 Å². The van der Waals surface area contributed by atoms with Gasteiger partial charge in [-0.05, 0) is 6.92 Å². The minimum absolute atomic E-state index is 0.928. The van der Waals surface area contributed by atoms with E-state index in [0.29, 0.717) is 0 Å². The molecule has 0 bridgehead atoms. The van der Waals surface area contributed by atoms with Crippen LogP contribution in [0.5, 0.6) is 0 Å². The van der Waals surface area contributed by atoms with E-state index >= 15 is 0 Å². The zero-order valence-corrected chi connectivity index (χ0v) is 13.1. The van der Waals surface area contributed by atoms with E-state index in [-0.39, 0.29) is 0 Å². The van der Waals surface area contributed by atoms with Gasteiger partial charge in [-0.1, -0.05) is 27.7 Å². The second kappa shape index (κ2) is 6.89. The SMILES string of the molecule is CCN=P(N(CC)CC)(N(CC)CC)N1CC1. The third-order valence-corrected chi connectivity index (χ3v) is 7.82. The summed E-state index contributed by atoms with van der Waals surface area (Å²) in [7, 11) is -1.55. The molecule has 1 aliphatic rings. The average Bonchev–Trinajstić information content (AvgIpc) is 3.16. The topological polar surface area (TPSA) is 21.9 Å². The lowest BCUT2D eigenvalue weighted by Gasteiger charge is -2.43. The maximum Gasteiger partial charge on any atom is 0.167 e. The molecular formula is C12H29N4P. The van der Waals surface area contributed by atoms with E-state index in [1.54, 1.807) is 0 Å². The molecule has 1 heterocycles. The van der Waals surface area contributed by atoms with Gasteiger partial charge in [-0.15, -0.1) is 0 Å². The molecule has 0 unspecified atom stereocenters. The normalized spacial score (nSPS) is 16.9. The Morgan fingerprint density at radius 3 is 1.53 bits per heavy atom. The van der Waals surface area contributed by atoms with Crippen LogP contribution in [0, 0.1) is 0 Å². The zero-order valence-electron chi connectivity index (χ0n) is 12.2. The van der Waals surface area contributed by atoms with Gasteiger partial charge in [-0.25, -0.2) is 14.0 Å². The van der Waals surface area contributed by atoms with Crippen LogP contribution in [0.4, 0.5) is 0 Å². The van der Waals surface area contributed by atoms with E-state index in [1.807, 2.05) is 0 Å². The van der Waals surface area contributed by atoms with E-state index in [9.17, 15) is 0 Å². The first-order valence-electron chi connectivity index (χ1n) is 7.05. The molecule has 0 spiro atoms. The van der Waals surface area contributed by atoms with Gasteiger partial charge >= 0.3 is 0 Å². The van der Waals surface area contributed by atoms with Gasteiger partial charge in [0.1, 0.15) is 0 Å². The smallest absolute Gasteiger partial charge is 0.167 e. The summed E-state index contributed by atoms with van der Waals surface area (Å²) in [6, 6.07) is 0. The average molecular weight is 260 g/mol. The highest BCUT2D eigenvalue weighted by molar-refractivity contribution is 7.59. The van der Waals surface area contributed by atoms with Crippen LogP contribution in [0.3, 0.4) is 0 Å². The highest BCUT2D eigenvalue weighted by Crippen LogP contribution is 2.62. The zero-order chi connectivity index (χ0) is 12.9. The Labute approximate surface area is 107 Å². The maximum atomic E-state index is 5.09. The molecule has 0 aliphatic carbocycles. The molecule has 0 radical (unpaired) electrons. The van der Waals surface area contributed by atoms with Crippen molar-refractivity contribution in [2.75, 3.05) is 45.8 Å². The monoisotopic (exact) mass is 260 g/mol. The summed E-state index contributed by atoms with van der Waals surface area (Å²) in [6.45, 7) is 19.0. The van der Waals surface area contributed by atoms with Crippen molar-refractivity contribution in [3.8, 4) is 0 Å². The lowest BCUT2D eigenvalue weighted by atomic mass is 10.7. The predicted molar refractivity (Wildman–Crippen MR) is 77.3 cm³/mol. The predicted octanol–water partition coefficient (Wildman–Crippen LogP) is 2.95. The van der Waals surface area contributed by atoms with Crippen molar-refractivity contribution in [1.82, 2.24) is 14.0 Å². The van der Waals surface area contributed by atoms with Crippen molar-refractivity contribution in [3.63, 3.8) is 0 Å². The molecule has 0 aromatic carbocycles. The summed E-state index contributed by atoms with van der Waals surface area (Å²) in [5, 5.41) is 0. The summed E-state index contributed by atoms with van der Waals surface area (Å²) < 4.78 is 12.9. The Bertz CT molecular complexity index is 252. The Morgan fingerprint density at radius 1 is 0.882 bits per heavy atom. The number of hydrogen-bond acceptors (Lipinski definition) is 1. The quantitative estimate of drug-likeness (QED) is 0.495. The lowest BCUT2D eigenvalue weighted by molar-refractivity contribution is 0.387. The third-order valence-electron chi connectivity index (χ3n) is 3.35. The third kappa shape index (κ3) is 2.93. The van der Waals surface area contributed by atoms with Gasteiger partial charge in [-0.2, -0.15) is 0 Å². The lowest BCUT2D eigenvalue weighted by Crippen LogP contribution is -2.35. The van der Waals surface area contributed by atoms with Crippen LogP contribution in [0.2, 0.25) is 0 Å². The summed E-state index contributed by atoms with van der Waals surface area (Å²) in [4.78, 5) is 0. The highest BCUT2D eigenvalue weighted by atomic mass is 31.2. The fourth-order valence-electron chi connectivity index (χ4n) is 2.51. The van der Waals surface area contributed by atoms with Crippen LogP contribution in [0.1, 0.15) is 34.6 Å². The molecule has 5 heteroatoms. The van der Waals surface area contributed by atoms with Gasteiger partial charge in [0, 0.05) is 45.8 Å². The number of rotatable bonds is 8. The molecule has 102 valence electrons. The van der Waals surface area contributed by atoms with Gasteiger partial charge in [0.15, 0.2) is 7.51 Å². The van der Waals surface area contributed by atoms with Crippen LogP contribution in [-0.4, -0.2) is 59.8 Å². The van der Waals surface area contributed by atoms with E-state index in [2.05, 4.69) is 48.6 Å². The summed E-state index contributed by atoms with van der Waals surface area (Å²) in [5.74, 6) is 0. The molecule has 4 nitrogen and oxygen atoms in total. The molecule has 1 aliphatic heterocycles. The maximum absolute atomic E-state index is 5.09. The second-order valence-electron chi connectivity index (χ2n) is 4.23. The minimum atomic E-state index is -1.55. The van der Waals surface area contributed by atoms with Crippen LogP contribution >= 0.6 is 7.51 Å². The first-order chi connectivity index (χ1) is 8.20. The summed E-state index contributed by atoms with van der Waals surface area (Å²) >= 11 is 0. The first-order valence-corrected chi connectivity index (χ1v) is 8.65. The van der Waals surface area contributed by atoms with Crippen LogP contribution in [0.25, 0.3) is 0 Å². The fourth-order valence-corrected chi connectivity index (χ4v) is 6.65. The highest BCUT2D eigenvalue weighted by Gasteiger charge is 2.42. The van der Waals surface area contributed by atoms with Crippen molar-refractivity contribution in [1.29, 1.82) is 0 Å². The first kappa shape index (κ1) is 15.2. The molecule has 1 saturated heterocycles. The van der Waals surface area contributed by atoms with Crippen LogP contribution < -0.4 is 0 Å². The van der Waals surface area contributed by atoms with Crippen LogP contribution in [0.15, 0.2) is 4.74 Å². The number of nitrogens with zero attached hydrogens (tertiary/aromatic N) is 4. The molecule has 1 fully saturated rings. The molecule has 0 atom stereocenters. The Hall–Kier alpha value is 0.110. The van der Waals surface area contributed by atoms with E-state index in [4.69, 9.17) is 4.74 Å². The molecule has 0 aromatic rings. The molecule has 0 amide bonds. The van der Waals surface area contributed by atoms with Crippen molar-refractivity contribution in [2.45, 2.75) is 34.6 Å². The molecular weight excluding hydrogens is 231 g/mol. The van der Waals surface area contributed by atoms with Crippen molar-refractivity contribution in [3.05, 3.63) is 0 Å². The van der Waals surface area contributed by atoms with Gasteiger partial charge < -0.3 is 0 Å². The molecule has 0 saturated carbocycles. The largest absolute Gasteiger partial charge is 0.261 e. The van der Waals surface area contributed by atoms with Gasteiger partial charge in [-0.3, -0.25) is 4.74 Å². The van der Waals surface area contributed by atoms with Gasteiger partial charge in [0.05, 0.1) is 0 Å². The van der Waals surface area contributed by atoms with E-state index in [1.165, 1.54) is 13.1 Å². The van der Waals surface area contributed by atoms with Crippen LogP contribution in [-0.2, 0) is 0 Å². The summed E-state index contributed by atoms with van der Waals surface area (Å²) in [5.41, 5.74) is 0. The molecule has 17 heavy (non-hydrogen) atoms. The van der Waals surface area contributed by atoms with E-state index < -0.39 is 7.51 Å². The Morgan fingerprint density at radius 2 is 1.29 bits per heavy atom. The van der Waals surface area contributed by atoms with E-state index in [0.717, 1.165) is 32.7 Å². The standard InChI is InChI=1S/C12H29N4P/c1-6-13-17(16-11-12-16,14(7-2)8-3)15(9-4)10-5/h6-12H2,1-5H3. The summed E-state index contributed by atoms with van der Waals surface area (Å²) in [6.07, 6.45) is 0. The number of hydrogen-bond donors (Lipinski definition) is 0. The minimum Gasteiger partial charge on any atom is -0.261 e. The van der Waals surface area contributed by atoms with Crippen molar-refractivity contribution >= 4 is 7.51 Å². The fraction of sp³-hybridized carbons (Fsp3) is 1.00. The van der Waals surface area contributed by atoms with Crippen molar-refractivity contribution < 1.29 is 0 Å². The Kier molecular flexibility index (Phi) is 6.14. The molecule has 0 aromatic heterocycles. The molecule has 1 rings (SSSR count). The van der Waals surface area contributed by atoms with Gasteiger partial charge in [0.2, 0.25) is 0 Å². The van der Waals surface area contributed by atoms with Gasteiger partial charge in [0.25, 0.3) is 0 Å². The molecule has 0 N–H and O–H groups in total. The second-order valence-corrected chi connectivity index (χ2v) is 7.28. The Balaban J connectivity index is 3.16.